The third-order valence-corrected chi connectivity index (χ3v) is 6.26. The van der Waals surface area contributed by atoms with E-state index >= 15 is 0 Å². The molecule has 1 heterocycles. The molecule has 0 amide bonds. The molecule has 0 bridgehead atoms. The van der Waals surface area contributed by atoms with Crippen molar-refractivity contribution in [2.45, 2.75) is 37.5 Å². The van der Waals surface area contributed by atoms with Crippen molar-refractivity contribution < 1.29 is 9.47 Å². The molecule has 1 saturated carbocycles. The molecule has 2 fully saturated rings. The summed E-state index contributed by atoms with van der Waals surface area (Å²) in [6.07, 6.45) is 5.70. The summed E-state index contributed by atoms with van der Waals surface area (Å²) in [7, 11) is 1.83. The SMILES string of the molecule is CN=C(NCCCOCC1CCOCC1)NCC1(c2ccccc2Br)CC1.I. The summed E-state index contributed by atoms with van der Waals surface area (Å²) in [6.45, 7) is 5.22. The Labute approximate surface area is 194 Å². The molecule has 0 aromatic heterocycles. The molecule has 28 heavy (non-hydrogen) atoms. The first kappa shape index (κ1) is 23.9. The molecule has 5 nitrogen and oxygen atoms in total. The van der Waals surface area contributed by atoms with Gasteiger partial charge >= 0.3 is 0 Å². The van der Waals surface area contributed by atoms with Crippen LogP contribution in [0.5, 0.6) is 0 Å². The van der Waals surface area contributed by atoms with Gasteiger partial charge in [-0.3, -0.25) is 4.99 Å². The number of halogens is 2. The Morgan fingerprint density at radius 3 is 2.68 bits per heavy atom. The highest BCUT2D eigenvalue weighted by atomic mass is 127. The third-order valence-electron chi connectivity index (χ3n) is 5.57. The maximum Gasteiger partial charge on any atom is 0.191 e. The lowest BCUT2D eigenvalue weighted by Crippen LogP contribution is -2.41. The molecular weight excluding hydrogens is 533 g/mol. The number of hydrogen-bond acceptors (Lipinski definition) is 3. The van der Waals surface area contributed by atoms with Crippen LogP contribution in [0.4, 0.5) is 0 Å². The van der Waals surface area contributed by atoms with Crippen LogP contribution in [0.2, 0.25) is 0 Å². The summed E-state index contributed by atoms with van der Waals surface area (Å²) >= 11 is 3.70. The first-order chi connectivity index (χ1) is 13.2. The zero-order valence-corrected chi connectivity index (χ0v) is 20.6. The van der Waals surface area contributed by atoms with E-state index in [9.17, 15) is 0 Å². The van der Waals surface area contributed by atoms with Crippen LogP contribution in [0.1, 0.15) is 37.7 Å². The first-order valence-corrected chi connectivity index (χ1v) is 10.9. The molecule has 0 spiro atoms. The Kier molecular flexibility index (Phi) is 10.5. The summed E-state index contributed by atoms with van der Waals surface area (Å²) in [4.78, 5) is 4.35. The van der Waals surface area contributed by atoms with Crippen LogP contribution in [0.15, 0.2) is 33.7 Å². The smallest absolute Gasteiger partial charge is 0.191 e. The van der Waals surface area contributed by atoms with Gasteiger partial charge in [-0.2, -0.15) is 0 Å². The number of nitrogens with one attached hydrogen (secondary N) is 2. The van der Waals surface area contributed by atoms with Crippen molar-refractivity contribution in [1.29, 1.82) is 0 Å². The maximum atomic E-state index is 5.82. The van der Waals surface area contributed by atoms with Crippen molar-refractivity contribution in [3.63, 3.8) is 0 Å². The molecule has 0 unspecified atom stereocenters. The van der Waals surface area contributed by atoms with E-state index in [1.54, 1.807) is 0 Å². The maximum absolute atomic E-state index is 5.82. The highest BCUT2D eigenvalue weighted by molar-refractivity contribution is 14.0. The minimum absolute atomic E-state index is 0. The molecule has 1 aliphatic heterocycles. The van der Waals surface area contributed by atoms with Gasteiger partial charge in [0.2, 0.25) is 0 Å². The summed E-state index contributed by atoms with van der Waals surface area (Å²) in [5.41, 5.74) is 1.64. The molecule has 3 rings (SSSR count). The predicted molar refractivity (Wildman–Crippen MR) is 129 cm³/mol. The Hall–Kier alpha value is -0.380. The third kappa shape index (κ3) is 7.15. The quantitative estimate of drug-likeness (QED) is 0.205. The molecule has 2 aliphatic rings. The Morgan fingerprint density at radius 1 is 1.25 bits per heavy atom. The molecular formula is C21H33BrIN3O2. The van der Waals surface area contributed by atoms with Crippen molar-refractivity contribution >= 4 is 45.9 Å². The van der Waals surface area contributed by atoms with E-state index in [0.717, 1.165) is 64.7 Å². The van der Waals surface area contributed by atoms with Gasteiger partial charge in [-0.1, -0.05) is 34.1 Å². The van der Waals surface area contributed by atoms with Crippen LogP contribution < -0.4 is 10.6 Å². The number of guanidine groups is 1. The zero-order valence-electron chi connectivity index (χ0n) is 16.7. The van der Waals surface area contributed by atoms with Gasteiger partial charge in [-0.15, -0.1) is 24.0 Å². The first-order valence-electron chi connectivity index (χ1n) is 10.1. The van der Waals surface area contributed by atoms with Crippen molar-refractivity contribution in [1.82, 2.24) is 10.6 Å². The fourth-order valence-corrected chi connectivity index (χ4v) is 4.31. The fourth-order valence-electron chi connectivity index (χ4n) is 3.60. The number of benzene rings is 1. The highest BCUT2D eigenvalue weighted by Gasteiger charge is 2.45. The molecule has 158 valence electrons. The van der Waals surface area contributed by atoms with E-state index < -0.39 is 0 Å². The minimum Gasteiger partial charge on any atom is -0.381 e. The number of ether oxygens (including phenoxy) is 2. The highest BCUT2D eigenvalue weighted by Crippen LogP contribution is 2.49. The predicted octanol–water partition coefficient (Wildman–Crippen LogP) is 4.10. The van der Waals surface area contributed by atoms with Crippen molar-refractivity contribution in [2.75, 3.05) is 46.6 Å². The van der Waals surface area contributed by atoms with Crippen molar-refractivity contribution in [3.8, 4) is 0 Å². The Bertz CT molecular complexity index is 619. The van der Waals surface area contributed by atoms with Crippen LogP contribution in [0, 0.1) is 5.92 Å². The second-order valence-electron chi connectivity index (χ2n) is 7.60. The lowest BCUT2D eigenvalue weighted by molar-refractivity contribution is 0.0203. The summed E-state index contributed by atoms with van der Waals surface area (Å²) < 4.78 is 12.4. The number of nitrogens with zero attached hydrogens (tertiary/aromatic N) is 1. The van der Waals surface area contributed by atoms with E-state index in [1.165, 1.54) is 22.9 Å². The van der Waals surface area contributed by atoms with Crippen molar-refractivity contribution in [2.24, 2.45) is 10.9 Å². The summed E-state index contributed by atoms with van der Waals surface area (Å²) in [5.74, 6) is 1.55. The monoisotopic (exact) mass is 565 g/mol. The lowest BCUT2D eigenvalue weighted by atomic mass is 9.96. The zero-order chi connectivity index (χ0) is 19.0. The second kappa shape index (κ2) is 12.3. The number of hydrogen-bond donors (Lipinski definition) is 2. The van der Waals surface area contributed by atoms with Gasteiger partial charge in [0, 0.05) is 56.5 Å². The average Bonchev–Trinajstić information content (AvgIpc) is 3.49. The van der Waals surface area contributed by atoms with Crippen LogP contribution >= 0.6 is 39.9 Å². The van der Waals surface area contributed by atoms with Gasteiger partial charge in [-0.05, 0) is 49.7 Å². The van der Waals surface area contributed by atoms with Crippen LogP contribution in [-0.4, -0.2) is 52.5 Å². The molecule has 2 N–H and O–H groups in total. The van der Waals surface area contributed by atoms with Crippen LogP contribution in [0.25, 0.3) is 0 Å². The van der Waals surface area contributed by atoms with E-state index in [2.05, 4.69) is 55.8 Å². The van der Waals surface area contributed by atoms with Crippen LogP contribution in [-0.2, 0) is 14.9 Å². The van der Waals surface area contributed by atoms with Gasteiger partial charge in [0.25, 0.3) is 0 Å². The molecule has 1 aliphatic carbocycles. The molecule has 7 heteroatoms. The average molecular weight is 566 g/mol. The fraction of sp³-hybridized carbons (Fsp3) is 0.667. The standard InChI is InChI=1S/C21H32BrN3O2.HI/c1-23-20(24-11-4-12-27-15-17-7-13-26-14-8-17)25-16-21(9-10-21)18-5-2-3-6-19(18)22;/h2-3,5-6,17H,4,7-16H2,1H3,(H2,23,24,25);1H. The number of aliphatic imine (C=N–C) groups is 1. The van der Waals surface area contributed by atoms with Gasteiger partial charge in [0.1, 0.15) is 0 Å². The topological polar surface area (TPSA) is 54.9 Å². The van der Waals surface area contributed by atoms with E-state index in [0.29, 0.717) is 5.92 Å². The van der Waals surface area contributed by atoms with Gasteiger partial charge in [0.15, 0.2) is 5.96 Å². The van der Waals surface area contributed by atoms with Crippen molar-refractivity contribution in [3.05, 3.63) is 34.3 Å². The Balaban J connectivity index is 0.00000280. The van der Waals surface area contributed by atoms with Gasteiger partial charge < -0.3 is 20.1 Å². The molecule has 1 saturated heterocycles. The lowest BCUT2D eigenvalue weighted by Gasteiger charge is -2.22. The van der Waals surface area contributed by atoms with Gasteiger partial charge in [0.05, 0.1) is 0 Å². The normalized spacial score (nSPS) is 19.0. The van der Waals surface area contributed by atoms with E-state index in [-0.39, 0.29) is 29.4 Å². The molecule has 0 radical (unpaired) electrons. The van der Waals surface area contributed by atoms with E-state index in [1.807, 2.05) is 7.05 Å². The molecule has 1 aromatic carbocycles. The molecule has 1 aromatic rings. The largest absolute Gasteiger partial charge is 0.381 e. The Morgan fingerprint density at radius 2 is 2.00 bits per heavy atom. The summed E-state index contributed by atoms with van der Waals surface area (Å²) in [5, 5.41) is 6.91. The van der Waals surface area contributed by atoms with E-state index in [4.69, 9.17) is 9.47 Å². The number of rotatable bonds is 9. The molecule has 0 atom stereocenters. The van der Waals surface area contributed by atoms with Gasteiger partial charge in [-0.25, -0.2) is 0 Å². The van der Waals surface area contributed by atoms with Crippen LogP contribution in [0.3, 0.4) is 0 Å². The minimum atomic E-state index is 0. The summed E-state index contributed by atoms with van der Waals surface area (Å²) in [6, 6.07) is 8.54. The second-order valence-corrected chi connectivity index (χ2v) is 8.45.